The minimum Gasteiger partial charge on any atom is -0.396 e. The van der Waals surface area contributed by atoms with Crippen molar-refractivity contribution < 1.29 is 14.2 Å². The maximum atomic E-state index is 13.7. The van der Waals surface area contributed by atoms with Gasteiger partial charge >= 0.3 is 0 Å². The molecule has 3 rings (SSSR count). The molecular weight excluding hydrogens is 542 g/mol. The van der Waals surface area contributed by atoms with Crippen LogP contribution in [0.5, 0.6) is 0 Å². The van der Waals surface area contributed by atoms with E-state index in [1.165, 1.54) is 0 Å². The van der Waals surface area contributed by atoms with E-state index in [4.69, 9.17) is 9.73 Å². The molecule has 0 spiro atoms. The maximum absolute atomic E-state index is 13.7. The van der Waals surface area contributed by atoms with E-state index >= 15 is 0 Å². The van der Waals surface area contributed by atoms with Gasteiger partial charge in [-0.05, 0) is 40.5 Å². The molecule has 2 aliphatic rings. The Morgan fingerprint density at radius 1 is 1.32 bits per heavy atom. The lowest BCUT2D eigenvalue weighted by Gasteiger charge is -2.40. The van der Waals surface area contributed by atoms with Gasteiger partial charge in [0, 0.05) is 39.3 Å². The van der Waals surface area contributed by atoms with Crippen molar-refractivity contribution in [1.82, 2.24) is 15.1 Å². The van der Waals surface area contributed by atoms with Gasteiger partial charge in [-0.2, -0.15) is 0 Å². The normalized spacial score (nSPS) is 19.7. The lowest BCUT2D eigenvalue weighted by molar-refractivity contribution is -0.130. The van der Waals surface area contributed by atoms with E-state index in [2.05, 4.69) is 38.0 Å². The molecule has 0 amide bonds. The number of hydrogen-bond donors (Lipinski definition) is 2. The Kier molecular flexibility index (Phi) is 9.39. The lowest BCUT2D eigenvalue weighted by Crippen LogP contribution is -2.53. The first-order valence-electron chi connectivity index (χ1n) is 9.43. The number of aliphatic hydroxyl groups is 1. The van der Waals surface area contributed by atoms with Gasteiger partial charge in [0.25, 0.3) is 0 Å². The van der Waals surface area contributed by atoms with E-state index in [1.807, 2.05) is 6.07 Å². The summed E-state index contributed by atoms with van der Waals surface area (Å²) >= 11 is 3.20. The van der Waals surface area contributed by atoms with Crippen molar-refractivity contribution in [2.75, 3.05) is 59.1 Å². The molecule has 0 atom stereocenters. The van der Waals surface area contributed by atoms with Crippen LogP contribution in [0.25, 0.3) is 0 Å². The second-order valence-corrected chi connectivity index (χ2v) is 8.19. The number of ether oxygens (including phenoxy) is 1. The van der Waals surface area contributed by atoms with E-state index < -0.39 is 0 Å². The zero-order valence-electron chi connectivity index (χ0n) is 16.2. The van der Waals surface area contributed by atoms with Gasteiger partial charge in [0.1, 0.15) is 5.82 Å². The molecule has 6 nitrogen and oxygen atoms in total. The van der Waals surface area contributed by atoms with Crippen LogP contribution in [0.2, 0.25) is 0 Å². The highest BCUT2D eigenvalue weighted by atomic mass is 127. The minimum absolute atomic E-state index is 0. The smallest absolute Gasteiger partial charge is 0.194 e. The molecule has 1 aromatic carbocycles. The van der Waals surface area contributed by atoms with Crippen molar-refractivity contribution in [2.45, 2.75) is 13.5 Å². The SMILES string of the molecule is CCNC(=NCC1(CO)COC1)N1CCN(Cc2ccc(Br)c(F)c2)CC1.I. The Morgan fingerprint density at radius 2 is 2.04 bits per heavy atom. The van der Waals surface area contributed by atoms with E-state index in [0.29, 0.717) is 24.2 Å². The maximum Gasteiger partial charge on any atom is 0.194 e. The van der Waals surface area contributed by atoms with Crippen molar-refractivity contribution in [2.24, 2.45) is 10.4 Å². The minimum atomic E-state index is -0.217. The summed E-state index contributed by atoms with van der Waals surface area (Å²) in [4.78, 5) is 9.34. The number of nitrogens with zero attached hydrogens (tertiary/aromatic N) is 3. The molecule has 2 saturated heterocycles. The Labute approximate surface area is 191 Å². The van der Waals surface area contributed by atoms with Crippen molar-refractivity contribution in [3.8, 4) is 0 Å². The van der Waals surface area contributed by atoms with E-state index in [0.717, 1.165) is 50.8 Å². The number of hydrogen-bond acceptors (Lipinski definition) is 4. The van der Waals surface area contributed by atoms with Crippen LogP contribution in [-0.4, -0.2) is 80.0 Å². The van der Waals surface area contributed by atoms with Crippen LogP contribution in [0.3, 0.4) is 0 Å². The fourth-order valence-corrected chi connectivity index (χ4v) is 3.55. The topological polar surface area (TPSA) is 60.3 Å². The summed E-state index contributed by atoms with van der Waals surface area (Å²) in [5.41, 5.74) is 0.772. The molecule has 2 N–H and O–H groups in total. The molecule has 0 saturated carbocycles. The summed E-state index contributed by atoms with van der Waals surface area (Å²) in [6.07, 6.45) is 0. The van der Waals surface area contributed by atoms with Gasteiger partial charge in [-0.15, -0.1) is 24.0 Å². The molecule has 28 heavy (non-hydrogen) atoms. The number of benzene rings is 1. The number of halogens is 3. The Morgan fingerprint density at radius 3 is 2.57 bits per heavy atom. The standard InChI is InChI=1S/C19H28BrFN4O2.HI/c1-2-22-18(23-11-19(12-26)13-27-14-19)25-7-5-24(6-8-25)10-15-3-4-16(20)17(21)9-15;/h3-4,9,26H,2,5-8,10-14H2,1H3,(H,22,23);1H. The molecule has 158 valence electrons. The first kappa shape index (κ1) is 23.8. The van der Waals surface area contributed by atoms with Gasteiger partial charge < -0.3 is 20.1 Å². The summed E-state index contributed by atoms with van der Waals surface area (Å²) in [5, 5.41) is 12.9. The monoisotopic (exact) mass is 570 g/mol. The molecule has 0 aromatic heterocycles. The third-order valence-corrected chi connectivity index (χ3v) is 5.76. The van der Waals surface area contributed by atoms with Gasteiger partial charge in [-0.25, -0.2) is 4.39 Å². The highest BCUT2D eigenvalue weighted by Crippen LogP contribution is 2.27. The molecule has 0 unspecified atom stereocenters. The Bertz CT molecular complexity index is 662. The first-order chi connectivity index (χ1) is 13.0. The van der Waals surface area contributed by atoms with Gasteiger partial charge in [-0.1, -0.05) is 6.07 Å². The molecule has 0 radical (unpaired) electrons. The van der Waals surface area contributed by atoms with Crippen molar-refractivity contribution in [1.29, 1.82) is 0 Å². The predicted octanol–water partition coefficient (Wildman–Crippen LogP) is 2.30. The van der Waals surface area contributed by atoms with Crippen LogP contribution in [0.1, 0.15) is 12.5 Å². The van der Waals surface area contributed by atoms with Crippen LogP contribution >= 0.6 is 39.9 Å². The zero-order chi connectivity index (χ0) is 19.3. The Hall–Kier alpha value is -0.490. The molecule has 0 bridgehead atoms. The second kappa shape index (κ2) is 11.1. The lowest BCUT2D eigenvalue weighted by atomic mass is 9.87. The summed E-state index contributed by atoms with van der Waals surface area (Å²) in [7, 11) is 0. The van der Waals surface area contributed by atoms with E-state index in [1.54, 1.807) is 12.1 Å². The second-order valence-electron chi connectivity index (χ2n) is 7.33. The van der Waals surface area contributed by atoms with Crippen LogP contribution < -0.4 is 5.32 Å². The van der Waals surface area contributed by atoms with Crippen LogP contribution in [0, 0.1) is 11.2 Å². The van der Waals surface area contributed by atoms with Gasteiger partial charge in [0.15, 0.2) is 5.96 Å². The third-order valence-electron chi connectivity index (χ3n) is 5.11. The van der Waals surface area contributed by atoms with Gasteiger partial charge in [0.05, 0.1) is 36.3 Å². The first-order valence-corrected chi connectivity index (χ1v) is 10.2. The third kappa shape index (κ3) is 6.01. The van der Waals surface area contributed by atoms with Crippen molar-refractivity contribution >= 4 is 45.9 Å². The summed E-state index contributed by atoms with van der Waals surface area (Å²) in [5.74, 6) is 0.678. The largest absolute Gasteiger partial charge is 0.396 e. The quantitative estimate of drug-likeness (QED) is 0.312. The van der Waals surface area contributed by atoms with E-state index in [9.17, 15) is 9.50 Å². The van der Waals surface area contributed by atoms with E-state index in [-0.39, 0.29) is 41.8 Å². The highest BCUT2D eigenvalue weighted by Gasteiger charge is 2.38. The summed E-state index contributed by atoms with van der Waals surface area (Å²) in [6, 6.07) is 5.31. The zero-order valence-corrected chi connectivity index (χ0v) is 20.1. The summed E-state index contributed by atoms with van der Waals surface area (Å²) < 4.78 is 19.5. The van der Waals surface area contributed by atoms with Gasteiger partial charge in [0.2, 0.25) is 0 Å². The number of aliphatic imine (C=N–C) groups is 1. The average molecular weight is 571 g/mol. The van der Waals surface area contributed by atoms with Crippen molar-refractivity contribution in [3.63, 3.8) is 0 Å². The number of rotatable bonds is 6. The fraction of sp³-hybridized carbons (Fsp3) is 0.632. The number of guanidine groups is 1. The molecule has 0 aliphatic carbocycles. The number of piperazine rings is 1. The van der Waals surface area contributed by atoms with Crippen LogP contribution in [0.4, 0.5) is 4.39 Å². The molecule has 2 aliphatic heterocycles. The van der Waals surface area contributed by atoms with Gasteiger partial charge in [-0.3, -0.25) is 9.89 Å². The molecule has 9 heteroatoms. The van der Waals surface area contributed by atoms with Crippen LogP contribution in [0.15, 0.2) is 27.7 Å². The average Bonchev–Trinajstić information content (AvgIpc) is 2.64. The molecule has 2 fully saturated rings. The predicted molar refractivity (Wildman–Crippen MR) is 123 cm³/mol. The Balaban J connectivity index is 0.00000280. The summed E-state index contributed by atoms with van der Waals surface area (Å²) in [6.45, 7) is 8.97. The highest BCUT2D eigenvalue weighted by molar-refractivity contribution is 14.0. The molecule has 1 aromatic rings. The van der Waals surface area contributed by atoms with Crippen LogP contribution in [-0.2, 0) is 11.3 Å². The fourth-order valence-electron chi connectivity index (χ4n) is 3.31. The van der Waals surface area contributed by atoms with Crippen molar-refractivity contribution in [3.05, 3.63) is 34.1 Å². The molecule has 2 heterocycles. The number of aliphatic hydroxyl groups excluding tert-OH is 1. The molecular formula is C19H29BrFIN4O2. The number of nitrogens with one attached hydrogen (secondary N) is 1.